The summed E-state index contributed by atoms with van der Waals surface area (Å²) in [4.78, 5) is 8.38. The molecule has 0 radical (unpaired) electrons. The highest BCUT2D eigenvalue weighted by Gasteiger charge is 2.22. The van der Waals surface area contributed by atoms with Gasteiger partial charge in [-0.15, -0.1) is 24.0 Å². The van der Waals surface area contributed by atoms with Crippen LogP contribution in [0.15, 0.2) is 21.6 Å². The minimum Gasteiger partial charge on any atom is -0.494 e. The Labute approximate surface area is 176 Å². The van der Waals surface area contributed by atoms with Gasteiger partial charge in [-0.3, -0.25) is 4.99 Å². The van der Waals surface area contributed by atoms with E-state index in [2.05, 4.69) is 38.8 Å². The van der Waals surface area contributed by atoms with Crippen molar-refractivity contribution in [2.75, 3.05) is 13.7 Å². The molecule has 3 rings (SSSR count). The molecule has 27 heavy (non-hydrogen) atoms. The number of fused-ring (bicyclic) bond motifs is 1. The Morgan fingerprint density at radius 2 is 2.11 bits per heavy atom. The van der Waals surface area contributed by atoms with Crippen LogP contribution in [0, 0.1) is 6.92 Å². The van der Waals surface area contributed by atoms with E-state index in [0.717, 1.165) is 23.5 Å². The van der Waals surface area contributed by atoms with Crippen LogP contribution in [0.25, 0.3) is 0 Å². The van der Waals surface area contributed by atoms with Gasteiger partial charge in [0.15, 0.2) is 11.8 Å². The minimum absolute atomic E-state index is 0. The highest BCUT2D eigenvalue weighted by atomic mass is 127. The van der Waals surface area contributed by atoms with Crippen LogP contribution >= 0.6 is 24.0 Å². The van der Waals surface area contributed by atoms with Crippen LogP contribution in [0.2, 0.25) is 0 Å². The lowest BCUT2D eigenvalue weighted by atomic mass is 10.1. The zero-order valence-electron chi connectivity index (χ0n) is 16.0. The Morgan fingerprint density at radius 1 is 1.33 bits per heavy atom. The number of hydrogen-bond acceptors (Lipinski definition) is 6. The summed E-state index contributed by atoms with van der Waals surface area (Å²) >= 11 is 0. The van der Waals surface area contributed by atoms with Gasteiger partial charge in [-0.1, -0.05) is 5.16 Å². The molecule has 0 aliphatic carbocycles. The van der Waals surface area contributed by atoms with Crippen molar-refractivity contribution in [1.82, 2.24) is 20.8 Å². The van der Waals surface area contributed by atoms with Crippen molar-refractivity contribution in [3.8, 4) is 11.5 Å². The van der Waals surface area contributed by atoms with E-state index in [0.29, 0.717) is 37.4 Å². The van der Waals surface area contributed by atoms with Crippen LogP contribution < -0.4 is 20.1 Å². The molecule has 8 nitrogen and oxygen atoms in total. The molecular formula is C18H26IN5O3. The molecule has 2 aromatic rings. The highest BCUT2D eigenvalue weighted by Crippen LogP contribution is 2.35. The van der Waals surface area contributed by atoms with Gasteiger partial charge in [0.1, 0.15) is 17.6 Å². The van der Waals surface area contributed by atoms with E-state index in [1.807, 2.05) is 13.0 Å². The van der Waals surface area contributed by atoms with Gasteiger partial charge in [0.25, 0.3) is 0 Å². The number of benzene rings is 1. The molecular weight excluding hydrogens is 461 g/mol. The quantitative estimate of drug-likeness (QED) is 0.368. The second-order valence-electron chi connectivity index (χ2n) is 6.15. The average Bonchev–Trinajstić information content (AvgIpc) is 3.19. The fraction of sp³-hybridized carbons (Fsp3) is 0.500. The molecule has 1 aliphatic rings. The number of aliphatic imine (C=N–C) groups is 1. The Hall–Kier alpha value is -2.04. The van der Waals surface area contributed by atoms with Crippen molar-refractivity contribution in [2.24, 2.45) is 4.99 Å². The maximum atomic E-state index is 5.86. The SMILES string of the molecule is CCOc1cc2c(cc1CNC(=NC)NCc1nc(C)no1)OC(C)C2.I. The molecule has 1 aromatic heterocycles. The molecule has 1 aromatic carbocycles. The average molecular weight is 487 g/mol. The Morgan fingerprint density at radius 3 is 2.78 bits per heavy atom. The molecule has 2 N–H and O–H groups in total. The van der Waals surface area contributed by atoms with Crippen LogP contribution in [0.5, 0.6) is 11.5 Å². The van der Waals surface area contributed by atoms with Crippen molar-refractivity contribution in [3.63, 3.8) is 0 Å². The van der Waals surface area contributed by atoms with Crippen LogP contribution in [0.3, 0.4) is 0 Å². The molecule has 1 aliphatic heterocycles. The van der Waals surface area contributed by atoms with Crippen molar-refractivity contribution in [3.05, 3.63) is 35.0 Å². The molecule has 0 saturated carbocycles. The Kier molecular flexibility index (Phi) is 7.69. The summed E-state index contributed by atoms with van der Waals surface area (Å²) < 4.78 is 16.8. The molecule has 1 unspecified atom stereocenters. The predicted molar refractivity (Wildman–Crippen MR) is 113 cm³/mol. The van der Waals surface area contributed by atoms with E-state index < -0.39 is 0 Å². The van der Waals surface area contributed by atoms with Gasteiger partial charge in [-0.25, -0.2) is 0 Å². The summed E-state index contributed by atoms with van der Waals surface area (Å²) in [5.74, 6) is 3.57. The number of halogens is 1. The minimum atomic E-state index is 0. The van der Waals surface area contributed by atoms with Gasteiger partial charge in [0.2, 0.25) is 5.89 Å². The van der Waals surface area contributed by atoms with Gasteiger partial charge < -0.3 is 24.6 Å². The first-order valence-corrected chi connectivity index (χ1v) is 8.78. The van der Waals surface area contributed by atoms with Gasteiger partial charge in [0, 0.05) is 31.1 Å². The van der Waals surface area contributed by atoms with E-state index in [-0.39, 0.29) is 30.1 Å². The first-order valence-electron chi connectivity index (χ1n) is 8.78. The number of nitrogens with one attached hydrogen (secondary N) is 2. The molecule has 9 heteroatoms. The van der Waals surface area contributed by atoms with Crippen molar-refractivity contribution < 1.29 is 14.0 Å². The first kappa shape index (κ1) is 21.3. The lowest BCUT2D eigenvalue weighted by Gasteiger charge is -2.15. The number of ether oxygens (including phenoxy) is 2. The molecule has 0 spiro atoms. The zero-order chi connectivity index (χ0) is 18.5. The Balaban J connectivity index is 0.00000261. The lowest BCUT2D eigenvalue weighted by molar-refractivity contribution is 0.254. The summed E-state index contributed by atoms with van der Waals surface area (Å²) in [7, 11) is 1.71. The Bertz CT molecular complexity index is 793. The molecule has 0 fully saturated rings. The maximum absolute atomic E-state index is 5.86. The van der Waals surface area contributed by atoms with E-state index in [1.165, 1.54) is 5.56 Å². The topological polar surface area (TPSA) is 93.8 Å². The number of aryl methyl sites for hydroxylation is 1. The second-order valence-corrected chi connectivity index (χ2v) is 6.15. The fourth-order valence-electron chi connectivity index (χ4n) is 2.88. The van der Waals surface area contributed by atoms with Crippen LogP contribution in [0.4, 0.5) is 0 Å². The first-order chi connectivity index (χ1) is 12.6. The van der Waals surface area contributed by atoms with Gasteiger partial charge in [-0.2, -0.15) is 4.98 Å². The normalized spacial score (nSPS) is 15.6. The highest BCUT2D eigenvalue weighted by molar-refractivity contribution is 14.0. The predicted octanol–water partition coefficient (Wildman–Crippen LogP) is 2.58. The maximum Gasteiger partial charge on any atom is 0.246 e. The molecule has 148 valence electrons. The molecule has 1 atom stereocenters. The summed E-state index contributed by atoms with van der Waals surface area (Å²) in [5.41, 5.74) is 2.22. The largest absolute Gasteiger partial charge is 0.494 e. The van der Waals surface area contributed by atoms with Crippen molar-refractivity contribution in [1.29, 1.82) is 0 Å². The third-order valence-corrected chi connectivity index (χ3v) is 4.03. The van der Waals surface area contributed by atoms with Crippen LogP contribution in [0.1, 0.15) is 36.7 Å². The standard InChI is InChI=1S/C18H25N5O3.HI/c1-5-24-15-7-13-6-11(2)25-16(13)8-14(15)9-20-18(19-4)21-10-17-22-12(3)23-26-17;/h7-8,11H,5-6,9-10H2,1-4H3,(H2,19,20,21);1H. The summed E-state index contributed by atoms with van der Waals surface area (Å²) in [5, 5.41) is 10.2. The van der Waals surface area contributed by atoms with E-state index in [9.17, 15) is 0 Å². The fourth-order valence-corrected chi connectivity index (χ4v) is 2.88. The zero-order valence-corrected chi connectivity index (χ0v) is 18.4. The number of nitrogens with zero attached hydrogens (tertiary/aromatic N) is 3. The van der Waals surface area contributed by atoms with Gasteiger partial charge >= 0.3 is 0 Å². The smallest absolute Gasteiger partial charge is 0.246 e. The third kappa shape index (κ3) is 5.47. The lowest BCUT2D eigenvalue weighted by Crippen LogP contribution is -2.36. The molecule has 0 bridgehead atoms. The van der Waals surface area contributed by atoms with E-state index in [4.69, 9.17) is 14.0 Å². The van der Waals surface area contributed by atoms with Crippen LogP contribution in [-0.4, -0.2) is 35.9 Å². The number of aromatic nitrogens is 2. The monoisotopic (exact) mass is 487 g/mol. The number of hydrogen-bond donors (Lipinski definition) is 2. The third-order valence-electron chi connectivity index (χ3n) is 4.03. The molecule has 0 amide bonds. The summed E-state index contributed by atoms with van der Waals surface area (Å²) in [6.07, 6.45) is 1.12. The molecule has 0 saturated heterocycles. The van der Waals surface area contributed by atoms with Crippen LogP contribution in [-0.2, 0) is 19.5 Å². The van der Waals surface area contributed by atoms with Gasteiger partial charge in [0.05, 0.1) is 13.2 Å². The summed E-state index contributed by atoms with van der Waals surface area (Å²) in [6.45, 7) is 7.42. The summed E-state index contributed by atoms with van der Waals surface area (Å²) in [6, 6.07) is 4.13. The number of rotatable bonds is 6. The number of guanidine groups is 1. The van der Waals surface area contributed by atoms with E-state index >= 15 is 0 Å². The van der Waals surface area contributed by atoms with Crippen molar-refractivity contribution in [2.45, 2.75) is 46.4 Å². The molecule has 2 heterocycles. The second kappa shape index (κ2) is 9.77. The van der Waals surface area contributed by atoms with Crippen molar-refractivity contribution >= 4 is 29.9 Å². The van der Waals surface area contributed by atoms with E-state index in [1.54, 1.807) is 14.0 Å². The van der Waals surface area contributed by atoms with Gasteiger partial charge in [-0.05, 0) is 32.9 Å².